The van der Waals surface area contributed by atoms with E-state index in [4.69, 9.17) is 5.11 Å². The van der Waals surface area contributed by atoms with Gasteiger partial charge in [-0.2, -0.15) is 0 Å². The second-order valence-corrected chi connectivity index (χ2v) is 6.70. The SMILES string of the molecule is CN(Cc1cc(=O)c(O)cn1CCCCCO)C1CCCCC1. The number of hydrogen-bond acceptors (Lipinski definition) is 4. The Bertz CT molecular complexity index is 536. The average molecular weight is 322 g/mol. The average Bonchev–Trinajstić information content (AvgIpc) is 2.56. The van der Waals surface area contributed by atoms with Gasteiger partial charge < -0.3 is 14.8 Å². The van der Waals surface area contributed by atoms with Crippen LogP contribution in [-0.4, -0.2) is 39.4 Å². The van der Waals surface area contributed by atoms with E-state index >= 15 is 0 Å². The number of aliphatic hydroxyl groups is 1. The molecule has 1 aliphatic carbocycles. The Balaban J connectivity index is 2.05. The molecule has 5 nitrogen and oxygen atoms in total. The van der Waals surface area contributed by atoms with Gasteiger partial charge in [-0.15, -0.1) is 0 Å². The van der Waals surface area contributed by atoms with Gasteiger partial charge in [0.25, 0.3) is 0 Å². The highest BCUT2D eigenvalue weighted by molar-refractivity contribution is 5.20. The lowest BCUT2D eigenvalue weighted by Crippen LogP contribution is -2.34. The predicted molar refractivity (Wildman–Crippen MR) is 91.6 cm³/mol. The molecule has 0 saturated heterocycles. The highest BCUT2D eigenvalue weighted by atomic mass is 16.3. The second-order valence-electron chi connectivity index (χ2n) is 6.70. The number of unbranched alkanes of at least 4 members (excludes halogenated alkanes) is 2. The summed E-state index contributed by atoms with van der Waals surface area (Å²) >= 11 is 0. The third kappa shape index (κ3) is 5.36. The molecule has 0 bridgehead atoms. The van der Waals surface area contributed by atoms with Crippen molar-refractivity contribution in [1.82, 2.24) is 9.47 Å². The standard InChI is InChI=1S/C18H30N2O3/c1-19(15-8-4-2-5-9-15)13-16-12-17(22)18(23)14-20(16)10-6-3-7-11-21/h12,14-15,21,23H,2-11,13H2,1H3. The lowest BCUT2D eigenvalue weighted by atomic mass is 9.94. The first-order chi connectivity index (χ1) is 11.1. The Hall–Kier alpha value is -1.33. The molecule has 1 fully saturated rings. The quantitative estimate of drug-likeness (QED) is 0.722. The van der Waals surface area contributed by atoms with E-state index in [1.165, 1.54) is 32.1 Å². The molecule has 5 heteroatoms. The first-order valence-corrected chi connectivity index (χ1v) is 8.85. The summed E-state index contributed by atoms with van der Waals surface area (Å²) in [5, 5.41) is 18.6. The van der Waals surface area contributed by atoms with E-state index in [2.05, 4.69) is 11.9 Å². The van der Waals surface area contributed by atoms with Crippen molar-refractivity contribution in [3.05, 3.63) is 28.2 Å². The Labute approximate surface area is 138 Å². The van der Waals surface area contributed by atoms with Crippen molar-refractivity contribution in [3.8, 4) is 5.75 Å². The molecule has 0 amide bonds. The maximum atomic E-state index is 11.8. The summed E-state index contributed by atoms with van der Waals surface area (Å²) in [5.74, 6) is -0.184. The fourth-order valence-corrected chi connectivity index (χ4v) is 3.42. The molecule has 0 aliphatic heterocycles. The van der Waals surface area contributed by atoms with E-state index in [0.29, 0.717) is 6.04 Å². The molecule has 0 unspecified atom stereocenters. The maximum absolute atomic E-state index is 11.8. The topological polar surface area (TPSA) is 65.7 Å². The molecule has 1 aliphatic rings. The van der Waals surface area contributed by atoms with Crippen molar-refractivity contribution in [1.29, 1.82) is 0 Å². The van der Waals surface area contributed by atoms with Gasteiger partial charge in [-0.05, 0) is 39.2 Å². The third-order valence-corrected chi connectivity index (χ3v) is 4.86. The van der Waals surface area contributed by atoms with Crippen LogP contribution < -0.4 is 5.43 Å². The maximum Gasteiger partial charge on any atom is 0.223 e. The minimum atomic E-state index is -0.302. The van der Waals surface area contributed by atoms with E-state index in [-0.39, 0.29) is 17.8 Å². The predicted octanol–water partition coefficient (Wildman–Crippen LogP) is 2.48. The van der Waals surface area contributed by atoms with Crippen LogP contribution in [0.2, 0.25) is 0 Å². The van der Waals surface area contributed by atoms with E-state index < -0.39 is 0 Å². The van der Waals surface area contributed by atoms with Crippen molar-refractivity contribution in [2.45, 2.75) is 70.5 Å². The van der Waals surface area contributed by atoms with Crippen LogP contribution in [-0.2, 0) is 13.1 Å². The molecule has 0 aromatic carbocycles. The molecule has 0 radical (unpaired) electrons. The fraction of sp³-hybridized carbons (Fsp3) is 0.722. The van der Waals surface area contributed by atoms with Gasteiger partial charge in [-0.3, -0.25) is 9.69 Å². The van der Waals surface area contributed by atoms with Crippen LogP contribution in [0.1, 0.15) is 57.1 Å². The largest absolute Gasteiger partial charge is 0.503 e. The Morgan fingerprint density at radius 3 is 2.65 bits per heavy atom. The number of nitrogens with zero attached hydrogens (tertiary/aromatic N) is 2. The molecular weight excluding hydrogens is 292 g/mol. The third-order valence-electron chi connectivity index (χ3n) is 4.86. The summed E-state index contributed by atoms with van der Waals surface area (Å²) in [4.78, 5) is 14.2. The van der Waals surface area contributed by atoms with Crippen molar-refractivity contribution < 1.29 is 10.2 Å². The van der Waals surface area contributed by atoms with Crippen molar-refractivity contribution in [2.24, 2.45) is 0 Å². The van der Waals surface area contributed by atoms with Gasteiger partial charge in [0.2, 0.25) is 5.43 Å². The highest BCUT2D eigenvalue weighted by Crippen LogP contribution is 2.23. The molecule has 1 aromatic heterocycles. The van der Waals surface area contributed by atoms with Gasteiger partial charge in [0, 0.05) is 37.5 Å². The smallest absolute Gasteiger partial charge is 0.223 e. The molecule has 0 spiro atoms. The van der Waals surface area contributed by atoms with Crippen molar-refractivity contribution in [3.63, 3.8) is 0 Å². The number of aryl methyl sites for hydroxylation is 1. The zero-order valence-electron chi connectivity index (χ0n) is 14.2. The van der Waals surface area contributed by atoms with Crippen LogP contribution in [0.15, 0.2) is 17.1 Å². The van der Waals surface area contributed by atoms with Crippen LogP contribution in [0.5, 0.6) is 5.75 Å². The van der Waals surface area contributed by atoms with Crippen LogP contribution in [0.25, 0.3) is 0 Å². The lowest BCUT2D eigenvalue weighted by Gasteiger charge is -2.31. The Morgan fingerprint density at radius 1 is 1.22 bits per heavy atom. The normalized spacial score (nSPS) is 16.1. The number of aromatic nitrogens is 1. The number of aliphatic hydroxyl groups excluding tert-OH is 1. The summed E-state index contributed by atoms with van der Waals surface area (Å²) in [6, 6.07) is 2.16. The van der Waals surface area contributed by atoms with Gasteiger partial charge >= 0.3 is 0 Å². The van der Waals surface area contributed by atoms with E-state index in [0.717, 1.165) is 38.0 Å². The van der Waals surface area contributed by atoms with Crippen LogP contribution >= 0.6 is 0 Å². The molecule has 2 N–H and O–H groups in total. The van der Waals surface area contributed by atoms with E-state index in [1.54, 1.807) is 12.3 Å². The minimum Gasteiger partial charge on any atom is -0.503 e. The summed E-state index contributed by atoms with van der Waals surface area (Å²) in [7, 11) is 2.13. The molecule has 23 heavy (non-hydrogen) atoms. The van der Waals surface area contributed by atoms with Gasteiger partial charge in [-0.25, -0.2) is 0 Å². The molecule has 130 valence electrons. The molecule has 1 saturated carbocycles. The minimum absolute atomic E-state index is 0.184. The van der Waals surface area contributed by atoms with Gasteiger partial charge in [0.15, 0.2) is 5.75 Å². The summed E-state index contributed by atoms with van der Waals surface area (Å²) < 4.78 is 1.99. The number of hydrogen-bond donors (Lipinski definition) is 2. The summed E-state index contributed by atoms with van der Waals surface area (Å²) in [6.07, 6.45) is 10.6. The lowest BCUT2D eigenvalue weighted by molar-refractivity contribution is 0.180. The zero-order chi connectivity index (χ0) is 16.7. The molecule has 1 aromatic rings. The summed E-state index contributed by atoms with van der Waals surface area (Å²) in [6.45, 7) is 1.72. The second kappa shape index (κ2) is 9.08. The fourth-order valence-electron chi connectivity index (χ4n) is 3.42. The van der Waals surface area contributed by atoms with Crippen molar-refractivity contribution in [2.75, 3.05) is 13.7 Å². The molecule has 0 atom stereocenters. The number of rotatable bonds is 8. The Kier molecular flexibility index (Phi) is 7.12. The molecular formula is C18H30N2O3. The van der Waals surface area contributed by atoms with Gasteiger partial charge in [0.1, 0.15) is 0 Å². The van der Waals surface area contributed by atoms with Crippen LogP contribution in [0, 0.1) is 0 Å². The molecule has 1 heterocycles. The first kappa shape index (κ1) is 18.0. The molecule has 2 rings (SSSR count). The van der Waals surface area contributed by atoms with E-state index in [1.807, 2.05) is 4.57 Å². The number of pyridine rings is 1. The summed E-state index contributed by atoms with van der Waals surface area (Å²) in [5.41, 5.74) is 0.661. The van der Waals surface area contributed by atoms with Crippen molar-refractivity contribution >= 4 is 0 Å². The highest BCUT2D eigenvalue weighted by Gasteiger charge is 2.19. The van der Waals surface area contributed by atoms with Gasteiger partial charge in [-0.1, -0.05) is 19.3 Å². The van der Waals surface area contributed by atoms with Crippen LogP contribution in [0.4, 0.5) is 0 Å². The zero-order valence-corrected chi connectivity index (χ0v) is 14.2. The van der Waals surface area contributed by atoms with Gasteiger partial charge in [0.05, 0.1) is 6.20 Å². The monoisotopic (exact) mass is 322 g/mol. The van der Waals surface area contributed by atoms with E-state index in [9.17, 15) is 9.90 Å². The number of aromatic hydroxyl groups is 1. The first-order valence-electron chi connectivity index (χ1n) is 8.85. The Morgan fingerprint density at radius 2 is 1.96 bits per heavy atom. The van der Waals surface area contributed by atoms with Crippen LogP contribution in [0.3, 0.4) is 0 Å².